The van der Waals surface area contributed by atoms with Crippen molar-refractivity contribution in [2.75, 3.05) is 19.5 Å². The highest BCUT2D eigenvalue weighted by Gasteiger charge is 2.27. The fourth-order valence-electron chi connectivity index (χ4n) is 2.79. The fourth-order valence-corrected chi connectivity index (χ4v) is 2.79. The third-order valence-electron chi connectivity index (χ3n) is 4.25. The summed E-state index contributed by atoms with van der Waals surface area (Å²) < 4.78 is 20.7. The van der Waals surface area contributed by atoms with Crippen molar-refractivity contribution in [1.82, 2.24) is 0 Å². The molecule has 0 saturated heterocycles. The number of carbonyl (C=O) groups excluding carboxylic acids is 2. The number of anilines is 1. The van der Waals surface area contributed by atoms with Crippen molar-refractivity contribution in [2.24, 2.45) is 0 Å². The third kappa shape index (κ3) is 4.69. The molecular formula is C20H21NO6. The summed E-state index contributed by atoms with van der Waals surface area (Å²) in [5.41, 5.74) is 2.38. The number of ether oxygens (including phenoxy) is 4. The molecule has 2 aromatic carbocycles. The molecule has 2 aromatic rings. The number of methoxy groups -OCH3 is 2. The predicted molar refractivity (Wildman–Crippen MR) is 98.0 cm³/mol. The van der Waals surface area contributed by atoms with Gasteiger partial charge in [-0.1, -0.05) is 12.1 Å². The second-order valence-electron chi connectivity index (χ2n) is 6.04. The van der Waals surface area contributed by atoms with E-state index in [1.165, 1.54) is 7.11 Å². The maximum Gasteiger partial charge on any atom is 0.411 e. The van der Waals surface area contributed by atoms with Crippen LogP contribution in [0.1, 0.15) is 17.5 Å². The zero-order valence-corrected chi connectivity index (χ0v) is 15.2. The molecule has 0 radical (unpaired) electrons. The van der Waals surface area contributed by atoms with E-state index in [1.807, 2.05) is 30.3 Å². The van der Waals surface area contributed by atoms with Gasteiger partial charge in [0, 0.05) is 5.69 Å². The van der Waals surface area contributed by atoms with Crippen LogP contribution in [0.15, 0.2) is 42.5 Å². The highest BCUT2D eigenvalue weighted by Crippen LogP contribution is 2.30. The van der Waals surface area contributed by atoms with Gasteiger partial charge in [0.15, 0.2) is 6.10 Å². The molecule has 0 bridgehead atoms. The van der Waals surface area contributed by atoms with E-state index in [0.717, 1.165) is 16.9 Å². The van der Waals surface area contributed by atoms with Crippen molar-refractivity contribution >= 4 is 17.7 Å². The minimum absolute atomic E-state index is 0.157. The largest absolute Gasteiger partial charge is 0.497 e. The Bertz CT molecular complexity index is 818. The first-order valence-electron chi connectivity index (χ1n) is 8.53. The van der Waals surface area contributed by atoms with Gasteiger partial charge >= 0.3 is 12.1 Å². The zero-order valence-electron chi connectivity index (χ0n) is 15.2. The molecule has 7 nitrogen and oxygen atoms in total. The second-order valence-corrected chi connectivity index (χ2v) is 6.04. The number of amides is 1. The highest BCUT2D eigenvalue weighted by atomic mass is 16.6. The number of aryl methyl sites for hydroxylation is 1. The van der Waals surface area contributed by atoms with E-state index in [1.54, 1.807) is 19.2 Å². The van der Waals surface area contributed by atoms with E-state index in [9.17, 15) is 9.59 Å². The van der Waals surface area contributed by atoms with E-state index >= 15 is 0 Å². The van der Waals surface area contributed by atoms with E-state index in [4.69, 9.17) is 18.9 Å². The van der Waals surface area contributed by atoms with Crippen molar-refractivity contribution in [3.63, 3.8) is 0 Å². The van der Waals surface area contributed by atoms with E-state index in [2.05, 4.69) is 5.32 Å². The number of hydrogen-bond acceptors (Lipinski definition) is 6. The summed E-state index contributed by atoms with van der Waals surface area (Å²) in [6.45, 7) is 0.157. The first-order chi connectivity index (χ1) is 13.1. The van der Waals surface area contributed by atoms with Crippen LogP contribution in [0.5, 0.6) is 11.5 Å². The average molecular weight is 371 g/mol. The summed E-state index contributed by atoms with van der Waals surface area (Å²) in [6.07, 6.45) is 0.0574. The molecule has 7 heteroatoms. The Morgan fingerprint density at radius 2 is 1.93 bits per heavy atom. The lowest BCUT2D eigenvalue weighted by atomic mass is 10.0. The van der Waals surface area contributed by atoms with Gasteiger partial charge in [0.1, 0.15) is 18.1 Å². The molecule has 1 unspecified atom stereocenters. The molecule has 0 saturated carbocycles. The Morgan fingerprint density at radius 3 is 2.63 bits per heavy atom. The zero-order chi connectivity index (χ0) is 19.2. The van der Waals surface area contributed by atoms with Crippen LogP contribution in [0, 0.1) is 0 Å². The molecule has 0 aromatic heterocycles. The van der Waals surface area contributed by atoms with Gasteiger partial charge in [0.25, 0.3) is 0 Å². The van der Waals surface area contributed by atoms with Gasteiger partial charge < -0.3 is 18.9 Å². The molecule has 27 heavy (non-hydrogen) atoms. The molecule has 1 N–H and O–H groups in total. The summed E-state index contributed by atoms with van der Waals surface area (Å²) >= 11 is 0. The van der Waals surface area contributed by atoms with Gasteiger partial charge in [-0.05, 0) is 54.3 Å². The molecule has 1 aliphatic rings. The number of nitrogens with one attached hydrogen (secondary N) is 1. The van der Waals surface area contributed by atoms with Crippen LogP contribution in [-0.4, -0.2) is 32.4 Å². The Labute approximate surface area is 157 Å². The number of hydrogen-bond donors (Lipinski definition) is 1. The molecule has 1 heterocycles. The highest BCUT2D eigenvalue weighted by molar-refractivity contribution is 5.85. The smallest absolute Gasteiger partial charge is 0.411 e. The Hall–Kier alpha value is -3.22. The maximum absolute atomic E-state index is 12.0. The van der Waals surface area contributed by atoms with Crippen LogP contribution in [-0.2, 0) is 27.3 Å². The van der Waals surface area contributed by atoms with E-state index in [-0.39, 0.29) is 12.6 Å². The first kappa shape index (κ1) is 18.6. The molecule has 0 fully saturated rings. The number of rotatable bonds is 5. The molecule has 1 aliphatic heterocycles. The molecule has 142 valence electrons. The van der Waals surface area contributed by atoms with Crippen LogP contribution in [0.2, 0.25) is 0 Å². The number of esters is 1. The Balaban J connectivity index is 1.55. The lowest BCUT2D eigenvalue weighted by molar-refractivity contribution is -0.149. The normalized spacial score (nSPS) is 15.1. The fraction of sp³-hybridized carbons (Fsp3) is 0.300. The number of carbonyl (C=O) groups is 2. The molecule has 0 spiro atoms. The lowest BCUT2D eigenvalue weighted by Gasteiger charge is -2.24. The molecule has 3 rings (SSSR count). The average Bonchev–Trinajstić information content (AvgIpc) is 2.71. The SMILES string of the molecule is COC(=O)C1CCc2cc(NC(=O)OCc3ccc(OC)cc3)ccc2O1. The summed E-state index contributed by atoms with van der Waals surface area (Å²) in [7, 11) is 2.93. The van der Waals surface area contributed by atoms with Crippen LogP contribution in [0.25, 0.3) is 0 Å². The van der Waals surface area contributed by atoms with Crippen LogP contribution < -0.4 is 14.8 Å². The lowest BCUT2D eigenvalue weighted by Crippen LogP contribution is -2.32. The van der Waals surface area contributed by atoms with Gasteiger partial charge in [-0.3, -0.25) is 5.32 Å². The van der Waals surface area contributed by atoms with Gasteiger partial charge in [0.05, 0.1) is 14.2 Å². The minimum Gasteiger partial charge on any atom is -0.497 e. The third-order valence-corrected chi connectivity index (χ3v) is 4.25. The maximum atomic E-state index is 12.0. The van der Waals surface area contributed by atoms with Gasteiger partial charge in [-0.2, -0.15) is 0 Å². The Morgan fingerprint density at radius 1 is 1.15 bits per heavy atom. The first-order valence-corrected chi connectivity index (χ1v) is 8.53. The van der Waals surface area contributed by atoms with Crippen molar-refractivity contribution in [2.45, 2.75) is 25.6 Å². The number of benzene rings is 2. The molecule has 0 aliphatic carbocycles. The summed E-state index contributed by atoms with van der Waals surface area (Å²) in [4.78, 5) is 23.6. The summed E-state index contributed by atoms with van der Waals surface area (Å²) in [5.74, 6) is 0.979. The van der Waals surface area contributed by atoms with Crippen molar-refractivity contribution in [3.05, 3.63) is 53.6 Å². The molecular weight excluding hydrogens is 350 g/mol. The van der Waals surface area contributed by atoms with Gasteiger partial charge in [-0.25, -0.2) is 9.59 Å². The van der Waals surface area contributed by atoms with Gasteiger partial charge in [0.2, 0.25) is 0 Å². The van der Waals surface area contributed by atoms with Crippen LogP contribution in [0.3, 0.4) is 0 Å². The van der Waals surface area contributed by atoms with Crippen LogP contribution in [0.4, 0.5) is 10.5 Å². The quantitative estimate of drug-likeness (QED) is 0.812. The van der Waals surface area contributed by atoms with Crippen molar-refractivity contribution in [3.8, 4) is 11.5 Å². The van der Waals surface area contributed by atoms with E-state index < -0.39 is 12.2 Å². The second kappa shape index (κ2) is 8.44. The van der Waals surface area contributed by atoms with Crippen molar-refractivity contribution in [1.29, 1.82) is 0 Å². The molecule has 1 atom stereocenters. The van der Waals surface area contributed by atoms with E-state index in [0.29, 0.717) is 24.3 Å². The Kier molecular flexibility index (Phi) is 5.80. The topological polar surface area (TPSA) is 83.1 Å². The van der Waals surface area contributed by atoms with Crippen molar-refractivity contribution < 1.29 is 28.5 Å². The predicted octanol–water partition coefficient (Wildman–Crippen LogP) is 3.31. The summed E-state index contributed by atoms with van der Waals surface area (Å²) in [5, 5.41) is 2.70. The van der Waals surface area contributed by atoms with Gasteiger partial charge in [-0.15, -0.1) is 0 Å². The monoisotopic (exact) mass is 371 g/mol. The van der Waals surface area contributed by atoms with Crippen LogP contribution >= 0.6 is 0 Å². The number of fused-ring (bicyclic) bond motifs is 1. The molecule has 1 amide bonds. The minimum atomic E-state index is -0.587. The standard InChI is InChI=1S/C20H21NO6/c1-24-16-7-3-13(4-8-16)12-26-20(23)21-15-6-10-17-14(11-15)5-9-18(27-17)19(22)25-2/h3-4,6-8,10-11,18H,5,9,12H2,1-2H3,(H,21,23). The summed E-state index contributed by atoms with van der Waals surface area (Å²) in [6, 6.07) is 12.5.